The number of hydrogen-bond donors (Lipinski definition) is 0. The van der Waals surface area contributed by atoms with Crippen molar-refractivity contribution in [2.75, 3.05) is 0 Å². The SMILES string of the molecule is O=c1[n-]c(=O)[n-]c(=O)[n-]1.[Y].[Y].[Y].[Y].[Y].[Y]. The van der Waals surface area contributed by atoms with Crippen molar-refractivity contribution in [2.24, 2.45) is 0 Å². The maximum absolute atomic E-state index is 10.0. The van der Waals surface area contributed by atoms with Gasteiger partial charge in [0, 0.05) is 196 Å². The zero-order chi connectivity index (χ0) is 6.85. The van der Waals surface area contributed by atoms with E-state index in [0.29, 0.717) is 0 Å². The quantitative estimate of drug-likeness (QED) is 0.289. The zero-order valence-corrected chi connectivity index (χ0v) is 24.6. The van der Waals surface area contributed by atoms with Crippen molar-refractivity contribution < 1.29 is 196 Å². The molecule has 0 bridgehead atoms. The van der Waals surface area contributed by atoms with E-state index in [-0.39, 0.29) is 196 Å². The van der Waals surface area contributed by atoms with Crippen LogP contribution in [0.4, 0.5) is 0 Å². The second-order valence-electron chi connectivity index (χ2n) is 1.18. The van der Waals surface area contributed by atoms with E-state index in [4.69, 9.17) is 0 Å². The maximum atomic E-state index is 10.0. The molecule has 1 rings (SSSR count). The van der Waals surface area contributed by atoms with Crippen LogP contribution in [0.3, 0.4) is 0 Å². The molecule has 0 aromatic carbocycles. The third kappa shape index (κ3) is 19.0. The molecule has 1 heterocycles. The molecule has 0 aliphatic rings. The molecule has 1 aromatic heterocycles. The smallest absolute Gasteiger partial charge is 0 e. The molecule has 0 unspecified atom stereocenters. The van der Waals surface area contributed by atoms with E-state index >= 15 is 0 Å². The van der Waals surface area contributed by atoms with E-state index < -0.39 is 17.1 Å². The Hall–Kier alpha value is 5.03. The van der Waals surface area contributed by atoms with E-state index in [9.17, 15) is 14.4 Å². The van der Waals surface area contributed by atoms with Gasteiger partial charge in [0.25, 0.3) is 0 Å². The van der Waals surface area contributed by atoms with Gasteiger partial charge < -0.3 is 29.3 Å². The summed E-state index contributed by atoms with van der Waals surface area (Å²) in [5, 5.41) is 0. The molecular weight excluding hydrogens is 659 g/mol. The van der Waals surface area contributed by atoms with Crippen LogP contribution in [0, 0.1) is 0 Å². The van der Waals surface area contributed by atoms with Crippen LogP contribution in [0.1, 0.15) is 0 Å². The summed E-state index contributed by atoms with van der Waals surface area (Å²) in [5.74, 6) is 0. The zero-order valence-electron chi connectivity index (χ0n) is 7.53. The standard InChI is InChI=1S/C3H3N3O3.6Y/c7-1-4-2(8)6-3(9)5-1;;;;;;/h(H3,4,5,6,7,8,9);;;;;;/p-3. The Kier molecular flexibility index (Phi) is 52.4. The Balaban J connectivity index is -0.0000000337. The van der Waals surface area contributed by atoms with Crippen molar-refractivity contribution in [3.63, 3.8) is 0 Å². The summed E-state index contributed by atoms with van der Waals surface area (Å²) >= 11 is 0. The van der Waals surface area contributed by atoms with Gasteiger partial charge in [-0.2, -0.15) is 0 Å². The Morgan fingerprint density at radius 3 is 0.733 bits per heavy atom. The van der Waals surface area contributed by atoms with Gasteiger partial charge in [0.1, 0.15) is 0 Å². The van der Waals surface area contributed by atoms with Gasteiger partial charge >= 0.3 is 0 Å². The summed E-state index contributed by atoms with van der Waals surface area (Å²) < 4.78 is 0. The average molecular weight is 659 g/mol. The molecular formula is C3N3O3Y6-3. The van der Waals surface area contributed by atoms with Crippen molar-refractivity contribution in [3.05, 3.63) is 31.5 Å². The van der Waals surface area contributed by atoms with Crippen LogP contribution < -0.4 is 32.0 Å². The summed E-state index contributed by atoms with van der Waals surface area (Å²) in [6, 6.07) is 0. The molecule has 0 saturated heterocycles. The second kappa shape index (κ2) is 21.3. The fourth-order valence-electron chi connectivity index (χ4n) is 0.320. The first-order chi connectivity index (χ1) is 4.18. The van der Waals surface area contributed by atoms with Gasteiger partial charge in [0.15, 0.2) is 0 Å². The predicted octanol–water partition coefficient (Wildman–Crippen LogP) is -3.38. The average Bonchev–Trinajstić information content (AvgIpc) is 1.59. The van der Waals surface area contributed by atoms with Crippen LogP contribution in [-0.4, -0.2) is 0 Å². The van der Waals surface area contributed by atoms with E-state index in [1.165, 1.54) is 0 Å². The molecule has 0 atom stereocenters. The molecule has 0 spiro atoms. The number of rotatable bonds is 0. The van der Waals surface area contributed by atoms with E-state index in [0.717, 1.165) is 0 Å². The van der Waals surface area contributed by atoms with Crippen molar-refractivity contribution >= 4 is 0 Å². The van der Waals surface area contributed by atoms with E-state index in [2.05, 4.69) is 15.0 Å². The normalized spacial score (nSPS) is 5.60. The largest absolute Gasteiger partial charge is 0.628 e. The Morgan fingerprint density at radius 1 is 0.467 bits per heavy atom. The summed E-state index contributed by atoms with van der Waals surface area (Å²) in [7, 11) is 0. The molecule has 12 heteroatoms. The Bertz CT molecular complexity index is 291. The molecule has 0 N–H and O–H groups in total. The third-order valence-corrected chi connectivity index (χ3v) is 0.574. The van der Waals surface area contributed by atoms with Gasteiger partial charge in [-0.25, -0.2) is 0 Å². The molecule has 0 aliphatic carbocycles. The van der Waals surface area contributed by atoms with Crippen LogP contribution >= 0.6 is 0 Å². The van der Waals surface area contributed by atoms with Gasteiger partial charge in [-0.05, 0) is 17.1 Å². The Labute approximate surface area is 236 Å². The minimum atomic E-state index is -1.08. The molecule has 1 aromatic rings. The van der Waals surface area contributed by atoms with Crippen LogP contribution in [0.15, 0.2) is 14.4 Å². The topological polar surface area (TPSA) is 93.5 Å². The van der Waals surface area contributed by atoms with Gasteiger partial charge in [0.05, 0.1) is 0 Å². The van der Waals surface area contributed by atoms with Crippen LogP contribution in [0.25, 0.3) is 0 Å². The van der Waals surface area contributed by atoms with Crippen molar-refractivity contribution in [1.82, 2.24) is 15.0 Å². The van der Waals surface area contributed by atoms with Crippen molar-refractivity contribution in [2.45, 2.75) is 0 Å². The van der Waals surface area contributed by atoms with Crippen molar-refractivity contribution in [3.8, 4) is 0 Å². The van der Waals surface area contributed by atoms with Crippen molar-refractivity contribution in [1.29, 1.82) is 0 Å². The van der Waals surface area contributed by atoms with Gasteiger partial charge in [-0.3, -0.25) is 0 Å². The minimum Gasteiger partial charge on any atom is -0.628 e. The fourth-order valence-corrected chi connectivity index (χ4v) is 0.320. The molecule has 0 amide bonds. The van der Waals surface area contributed by atoms with Crippen LogP contribution in [0.2, 0.25) is 0 Å². The predicted molar refractivity (Wildman–Crippen MR) is 25.2 cm³/mol. The fraction of sp³-hybridized carbons (Fsp3) is 0. The maximum Gasteiger partial charge on any atom is 0 e. The summed E-state index contributed by atoms with van der Waals surface area (Å²) in [5.41, 5.74) is -3.25. The molecule has 0 aliphatic heterocycles. The molecule has 15 heavy (non-hydrogen) atoms. The van der Waals surface area contributed by atoms with Gasteiger partial charge in [0.2, 0.25) is 0 Å². The number of hydrogen-bond acceptors (Lipinski definition) is 3. The molecule has 0 fully saturated rings. The van der Waals surface area contributed by atoms with Gasteiger partial charge in [-0.1, -0.05) is 0 Å². The molecule has 0 saturated carbocycles. The van der Waals surface area contributed by atoms with Gasteiger partial charge in [-0.15, -0.1) is 0 Å². The van der Waals surface area contributed by atoms with Crippen LogP contribution in [0.5, 0.6) is 0 Å². The monoisotopic (exact) mass is 659 g/mol. The first kappa shape index (κ1) is 36.9. The van der Waals surface area contributed by atoms with E-state index in [1.807, 2.05) is 0 Å². The second-order valence-corrected chi connectivity index (χ2v) is 1.18. The molecule has 6 radical (unpaired) electrons. The van der Waals surface area contributed by atoms with Crippen LogP contribution in [-0.2, 0) is 196 Å². The first-order valence-corrected chi connectivity index (χ1v) is 1.95. The Morgan fingerprint density at radius 2 is 0.600 bits per heavy atom. The first-order valence-electron chi connectivity index (χ1n) is 1.95. The molecule has 66 valence electrons. The number of nitrogens with zero attached hydrogens (tertiary/aromatic N) is 3. The molecule has 6 nitrogen and oxygen atoms in total. The number of aromatic nitrogens is 3. The van der Waals surface area contributed by atoms with E-state index in [1.54, 1.807) is 0 Å². The third-order valence-electron chi connectivity index (χ3n) is 0.574. The minimum absolute atomic E-state index is 0. The summed E-state index contributed by atoms with van der Waals surface area (Å²) in [6.07, 6.45) is 0. The summed E-state index contributed by atoms with van der Waals surface area (Å²) in [4.78, 5) is 38.2. The summed E-state index contributed by atoms with van der Waals surface area (Å²) in [6.45, 7) is 0.